The predicted molar refractivity (Wildman–Crippen MR) is 64.2 cm³/mol. The van der Waals surface area contributed by atoms with Crippen LogP contribution in [0.3, 0.4) is 0 Å². The van der Waals surface area contributed by atoms with E-state index in [-0.39, 0.29) is 0 Å². The fraction of sp³-hybridized carbons (Fsp3) is 0.545. The molecule has 0 bridgehead atoms. The van der Waals surface area contributed by atoms with Crippen molar-refractivity contribution < 1.29 is 4.74 Å². The van der Waals surface area contributed by atoms with Crippen LogP contribution >= 0.6 is 11.3 Å². The molecule has 3 nitrogen and oxygen atoms in total. The van der Waals surface area contributed by atoms with Gasteiger partial charge < -0.3 is 10.1 Å². The SMILES string of the molecule is C=C(C)COCCNC(C)c1cscn1. The van der Waals surface area contributed by atoms with Crippen LogP contribution in [-0.4, -0.2) is 24.7 Å². The van der Waals surface area contributed by atoms with Crippen LogP contribution in [-0.2, 0) is 4.74 Å². The Hall–Kier alpha value is -0.710. The first-order chi connectivity index (χ1) is 7.20. The van der Waals surface area contributed by atoms with Crippen LogP contribution < -0.4 is 5.32 Å². The number of nitrogens with zero attached hydrogens (tertiary/aromatic N) is 1. The Balaban J connectivity index is 2.08. The van der Waals surface area contributed by atoms with Crippen LogP contribution in [0.1, 0.15) is 25.6 Å². The van der Waals surface area contributed by atoms with Crippen molar-refractivity contribution in [3.05, 3.63) is 28.7 Å². The van der Waals surface area contributed by atoms with Crippen molar-refractivity contribution in [2.24, 2.45) is 0 Å². The van der Waals surface area contributed by atoms with Gasteiger partial charge in [-0.1, -0.05) is 12.2 Å². The van der Waals surface area contributed by atoms with Crippen LogP contribution in [0.2, 0.25) is 0 Å². The molecular formula is C11H18N2OS. The summed E-state index contributed by atoms with van der Waals surface area (Å²) in [5, 5.41) is 5.41. The van der Waals surface area contributed by atoms with Gasteiger partial charge in [0.2, 0.25) is 0 Å². The fourth-order valence-corrected chi connectivity index (χ4v) is 1.78. The molecule has 0 radical (unpaired) electrons. The van der Waals surface area contributed by atoms with E-state index in [9.17, 15) is 0 Å². The summed E-state index contributed by atoms with van der Waals surface area (Å²) in [6.45, 7) is 10.0. The number of hydrogen-bond donors (Lipinski definition) is 1. The lowest BCUT2D eigenvalue weighted by molar-refractivity contribution is 0.155. The highest BCUT2D eigenvalue weighted by Crippen LogP contribution is 2.10. The van der Waals surface area contributed by atoms with Crippen LogP contribution in [0.5, 0.6) is 0 Å². The van der Waals surface area contributed by atoms with E-state index in [1.807, 2.05) is 12.4 Å². The van der Waals surface area contributed by atoms with Crippen LogP contribution in [0.15, 0.2) is 23.0 Å². The molecule has 1 aromatic rings. The standard InChI is InChI=1S/C11H18N2OS/c1-9(2)6-14-5-4-12-10(3)11-7-15-8-13-11/h7-8,10,12H,1,4-6H2,2-3H3. The first kappa shape index (κ1) is 12.4. The van der Waals surface area contributed by atoms with Gasteiger partial charge in [0.1, 0.15) is 0 Å². The molecule has 1 heterocycles. The normalized spacial score (nSPS) is 12.7. The Morgan fingerprint density at radius 1 is 1.73 bits per heavy atom. The van der Waals surface area contributed by atoms with E-state index in [2.05, 4.69) is 29.2 Å². The smallest absolute Gasteiger partial charge is 0.0795 e. The first-order valence-electron chi connectivity index (χ1n) is 5.03. The van der Waals surface area contributed by atoms with E-state index in [0.717, 1.165) is 17.8 Å². The Morgan fingerprint density at radius 3 is 3.13 bits per heavy atom. The fourth-order valence-electron chi connectivity index (χ4n) is 1.13. The zero-order valence-electron chi connectivity index (χ0n) is 9.32. The predicted octanol–water partition coefficient (Wildman–Crippen LogP) is 2.39. The van der Waals surface area contributed by atoms with E-state index in [4.69, 9.17) is 4.74 Å². The summed E-state index contributed by atoms with van der Waals surface area (Å²) < 4.78 is 5.38. The monoisotopic (exact) mass is 226 g/mol. The average molecular weight is 226 g/mol. The van der Waals surface area contributed by atoms with Gasteiger partial charge in [0, 0.05) is 18.0 Å². The van der Waals surface area contributed by atoms with E-state index in [1.165, 1.54) is 0 Å². The molecule has 0 saturated heterocycles. The second-order valence-electron chi connectivity index (χ2n) is 3.60. The van der Waals surface area contributed by atoms with Crippen molar-refractivity contribution in [1.82, 2.24) is 10.3 Å². The van der Waals surface area contributed by atoms with E-state index >= 15 is 0 Å². The number of ether oxygens (including phenoxy) is 1. The largest absolute Gasteiger partial charge is 0.376 e. The first-order valence-corrected chi connectivity index (χ1v) is 5.98. The molecule has 4 heteroatoms. The summed E-state index contributed by atoms with van der Waals surface area (Å²) in [5.74, 6) is 0. The molecule has 0 aromatic carbocycles. The molecular weight excluding hydrogens is 208 g/mol. The number of nitrogens with one attached hydrogen (secondary N) is 1. The number of rotatable bonds is 7. The number of thiazole rings is 1. The summed E-state index contributed by atoms with van der Waals surface area (Å²) in [6, 6.07) is 0.296. The maximum Gasteiger partial charge on any atom is 0.0795 e. The molecule has 1 aromatic heterocycles. The van der Waals surface area contributed by atoms with Gasteiger partial charge in [-0.05, 0) is 13.8 Å². The molecule has 84 valence electrons. The second-order valence-corrected chi connectivity index (χ2v) is 4.32. The highest BCUT2D eigenvalue weighted by molar-refractivity contribution is 7.07. The minimum atomic E-state index is 0.296. The lowest BCUT2D eigenvalue weighted by Gasteiger charge is -2.11. The van der Waals surface area contributed by atoms with Gasteiger partial charge in [-0.15, -0.1) is 11.3 Å². The van der Waals surface area contributed by atoms with Crippen molar-refractivity contribution in [3.63, 3.8) is 0 Å². The lowest BCUT2D eigenvalue weighted by atomic mass is 10.2. The Morgan fingerprint density at radius 2 is 2.53 bits per heavy atom. The molecule has 0 aliphatic rings. The van der Waals surface area contributed by atoms with Crippen molar-refractivity contribution in [2.75, 3.05) is 19.8 Å². The van der Waals surface area contributed by atoms with E-state index in [0.29, 0.717) is 19.3 Å². The second kappa shape index (κ2) is 6.71. The average Bonchev–Trinajstić information content (AvgIpc) is 2.69. The molecule has 0 aliphatic carbocycles. The quantitative estimate of drug-likeness (QED) is 0.572. The minimum Gasteiger partial charge on any atom is -0.376 e. The summed E-state index contributed by atoms with van der Waals surface area (Å²) in [4.78, 5) is 4.24. The zero-order chi connectivity index (χ0) is 11.1. The molecule has 1 unspecified atom stereocenters. The highest BCUT2D eigenvalue weighted by atomic mass is 32.1. The molecule has 1 N–H and O–H groups in total. The van der Waals surface area contributed by atoms with Gasteiger partial charge in [0.25, 0.3) is 0 Å². The van der Waals surface area contributed by atoms with E-state index < -0.39 is 0 Å². The third-order valence-electron chi connectivity index (χ3n) is 1.94. The van der Waals surface area contributed by atoms with Gasteiger partial charge in [0.15, 0.2) is 0 Å². The Labute approximate surface area is 95.2 Å². The molecule has 1 rings (SSSR count). The molecule has 0 fully saturated rings. The summed E-state index contributed by atoms with van der Waals surface area (Å²) in [7, 11) is 0. The van der Waals surface area contributed by atoms with Gasteiger partial charge in [-0.3, -0.25) is 0 Å². The van der Waals surface area contributed by atoms with Gasteiger partial charge in [-0.25, -0.2) is 4.98 Å². The molecule has 15 heavy (non-hydrogen) atoms. The molecule has 0 aliphatic heterocycles. The van der Waals surface area contributed by atoms with Gasteiger partial charge >= 0.3 is 0 Å². The van der Waals surface area contributed by atoms with Gasteiger partial charge in [-0.2, -0.15) is 0 Å². The third-order valence-corrected chi connectivity index (χ3v) is 2.55. The topological polar surface area (TPSA) is 34.1 Å². The molecule has 0 amide bonds. The van der Waals surface area contributed by atoms with E-state index in [1.54, 1.807) is 11.3 Å². The van der Waals surface area contributed by atoms with Crippen molar-refractivity contribution in [2.45, 2.75) is 19.9 Å². The summed E-state index contributed by atoms with van der Waals surface area (Å²) in [5.41, 5.74) is 4.01. The van der Waals surface area contributed by atoms with Crippen molar-refractivity contribution in [1.29, 1.82) is 0 Å². The summed E-state index contributed by atoms with van der Waals surface area (Å²) in [6.07, 6.45) is 0. The summed E-state index contributed by atoms with van der Waals surface area (Å²) >= 11 is 1.62. The zero-order valence-corrected chi connectivity index (χ0v) is 10.1. The van der Waals surface area contributed by atoms with Crippen LogP contribution in [0.4, 0.5) is 0 Å². The molecule has 1 atom stereocenters. The lowest BCUT2D eigenvalue weighted by Crippen LogP contribution is -2.23. The minimum absolute atomic E-state index is 0.296. The van der Waals surface area contributed by atoms with Crippen LogP contribution in [0.25, 0.3) is 0 Å². The third kappa shape index (κ3) is 5.06. The van der Waals surface area contributed by atoms with Crippen molar-refractivity contribution >= 4 is 11.3 Å². The maximum atomic E-state index is 5.38. The number of aromatic nitrogens is 1. The Bertz CT molecular complexity index is 285. The number of hydrogen-bond acceptors (Lipinski definition) is 4. The highest BCUT2D eigenvalue weighted by Gasteiger charge is 2.05. The van der Waals surface area contributed by atoms with Crippen LogP contribution in [0, 0.1) is 0 Å². The Kier molecular flexibility index (Phi) is 5.53. The van der Waals surface area contributed by atoms with Gasteiger partial charge in [0.05, 0.1) is 24.4 Å². The maximum absolute atomic E-state index is 5.38. The molecule has 0 saturated carbocycles. The van der Waals surface area contributed by atoms with Crippen molar-refractivity contribution in [3.8, 4) is 0 Å². The molecule has 0 spiro atoms.